The number of benzene rings is 4. The third kappa shape index (κ3) is 18.0. The molecule has 4 aromatic rings. The lowest BCUT2D eigenvalue weighted by Gasteiger charge is -2.48. The molecule has 0 saturated carbocycles. The highest BCUT2D eigenvalue weighted by Crippen LogP contribution is 2.41. The fraction of sp³-hybridized carbons (Fsp3) is 0.606. The maximum absolute atomic E-state index is 14.0. The number of carbonyl (C=O) groups is 4. The Labute approximate surface area is 516 Å². The van der Waals surface area contributed by atoms with E-state index in [1.165, 1.54) is 0 Å². The summed E-state index contributed by atoms with van der Waals surface area (Å²) in [4.78, 5) is 55.7. The van der Waals surface area contributed by atoms with Gasteiger partial charge in [0, 0.05) is 25.7 Å². The van der Waals surface area contributed by atoms with E-state index in [1.54, 1.807) is 27.7 Å². The largest absolute Gasteiger partial charge is 0.507 e. The van der Waals surface area contributed by atoms with Gasteiger partial charge in [-0.3, -0.25) is 19.2 Å². The summed E-state index contributed by atoms with van der Waals surface area (Å²) < 4.78 is 50.7. The van der Waals surface area contributed by atoms with E-state index in [0.717, 1.165) is 44.5 Å². The van der Waals surface area contributed by atoms with Crippen molar-refractivity contribution in [1.82, 2.24) is 0 Å². The molecule has 2 aliphatic heterocycles. The van der Waals surface area contributed by atoms with E-state index in [2.05, 4.69) is 0 Å². The second-order valence-electron chi connectivity index (χ2n) is 29.7. The SMILES string of the molecule is Cc1cc(CCC(=O)OC(C2OCC3(CO2)COC(C(OC(=O)CCc2cc(C)c(O)c(C(C)(C)C)c2)C(C)(C)OC(=O)CCc2cc(C)c(O)c(C(C)(C)C)c2)OC3)C(C)(C)OC(=O)CCc2cc(C)c(O)c(C(C)(C)C)c2)cc(C(C)(C)C)c1O. The van der Waals surface area contributed by atoms with Crippen molar-refractivity contribution in [2.75, 3.05) is 26.4 Å². The molecule has 6 rings (SSSR count). The van der Waals surface area contributed by atoms with Gasteiger partial charge in [-0.1, -0.05) is 132 Å². The van der Waals surface area contributed by atoms with Crippen LogP contribution in [0.3, 0.4) is 0 Å². The lowest BCUT2D eigenvalue weighted by molar-refractivity contribution is -0.343. The number of esters is 4. The number of phenolic OH excluding ortho intramolecular Hbond substituents is 4. The van der Waals surface area contributed by atoms with Gasteiger partial charge in [0.05, 0.1) is 31.8 Å². The fourth-order valence-corrected chi connectivity index (χ4v) is 11.3. The molecule has 2 fully saturated rings. The number of phenols is 4. The Hall–Kier alpha value is -6.20. The molecule has 1 spiro atoms. The highest BCUT2D eigenvalue weighted by molar-refractivity contribution is 5.73. The number of rotatable bonds is 20. The minimum atomic E-state index is -1.49. The van der Waals surface area contributed by atoms with Crippen LogP contribution >= 0.6 is 0 Å². The number of carbonyl (C=O) groups excluding carboxylic acids is 4. The lowest BCUT2D eigenvalue weighted by atomic mass is 9.83. The van der Waals surface area contributed by atoms with Gasteiger partial charge in [0.2, 0.25) is 0 Å². The smallest absolute Gasteiger partial charge is 0.306 e. The number of hydrogen-bond donors (Lipinski definition) is 4. The van der Waals surface area contributed by atoms with Gasteiger partial charge in [-0.2, -0.15) is 0 Å². The molecule has 0 aromatic heterocycles. The summed E-state index contributed by atoms with van der Waals surface area (Å²) in [5.74, 6) is -1.44. The number of aryl methyl sites for hydroxylation is 8. The molecule has 2 saturated heterocycles. The molecule has 0 amide bonds. The van der Waals surface area contributed by atoms with Crippen molar-refractivity contribution in [2.24, 2.45) is 5.41 Å². The molecule has 480 valence electrons. The molecule has 2 heterocycles. The fourth-order valence-electron chi connectivity index (χ4n) is 11.3. The Bertz CT molecular complexity index is 2910. The predicted octanol–water partition coefficient (Wildman–Crippen LogP) is 13.0. The minimum absolute atomic E-state index is 0.0137. The first-order valence-electron chi connectivity index (χ1n) is 30.6. The summed E-state index contributed by atoms with van der Waals surface area (Å²) in [5, 5.41) is 43.5. The van der Waals surface area contributed by atoms with Crippen molar-refractivity contribution >= 4 is 23.9 Å². The van der Waals surface area contributed by atoms with Crippen LogP contribution in [0.5, 0.6) is 23.0 Å². The molecule has 0 bridgehead atoms. The number of hydrogen-bond acceptors (Lipinski definition) is 16. The normalized spacial score (nSPS) is 18.7. The molecule has 2 atom stereocenters. The summed E-state index contributed by atoms with van der Waals surface area (Å²) in [6.45, 7) is 37.9. The Balaban J connectivity index is 1.19. The van der Waals surface area contributed by atoms with Gasteiger partial charge in [-0.25, -0.2) is 0 Å². The maximum Gasteiger partial charge on any atom is 0.306 e. The highest BCUT2D eigenvalue weighted by Gasteiger charge is 2.52. The molecule has 0 aliphatic carbocycles. The average Bonchev–Trinajstić information content (AvgIpc) is 1.22. The minimum Gasteiger partial charge on any atom is -0.507 e. The molecule has 2 aliphatic rings. The molecule has 87 heavy (non-hydrogen) atoms. The summed E-state index contributed by atoms with van der Waals surface area (Å²) in [6.07, 6.45) is -3.84. The number of ether oxygens (including phenoxy) is 8. The van der Waals surface area contributed by atoms with Crippen LogP contribution in [0.1, 0.15) is 203 Å². The summed E-state index contributed by atoms with van der Waals surface area (Å²) in [5.41, 5.74) is 3.90. The summed E-state index contributed by atoms with van der Waals surface area (Å²) in [6, 6.07) is 15.0. The first kappa shape index (κ1) is 69.9. The van der Waals surface area contributed by atoms with Crippen molar-refractivity contribution in [3.63, 3.8) is 0 Å². The van der Waals surface area contributed by atoms with Crippen LogP contribution in [0.2, 0.25) is 0 Å². The van der Waals surface area contributed by atoms with Gasteiger partial charge in [0.1, 0.15) is 34.2 Å². The van der Waals surface area contributed by atoms with Crippen LogP contribution in [0.15, 0.2) is 48.5 Å². The van der Waals surface area contributed by atoms with Crippen LogP contribution in [0, 0.1) is 33.1 Å². The third-order valence-electron chi connectivity index (χ3n) is 16.5. The molecule has 4 N–H and O–H groups in total. The van der Waals surface area contributed by atoms with Crippen LogP contribution in [-0.4, -0.2) is 107 Å². The molecule has 2 unspecified atom stereocenters. The van der Waals surface area contributed by atoms with Crippen molar-refractivity contribution in [3.05, 3.63) is 115 Å². The Morgan fingerprint density at radius 2 is 0.621 bits per heavy atom. The van der Waals surface area contributed by atoms with E-state index in [0.29, 0.717) is 47.9 Å². The van der Waals surface area contributed by atoms with Crippen LogP contribution in [-0.2, 0) is 104 Å². The lowest BCUT2D eigenvalue weighted by Crippen LogP contribution is -2.61. The van der Waals surface area contributed by atoms with E-state index in [9.17, 15) is 39.6 Å². The van der Waals surface area contributed by atoms with E-state index in [1.807, 2.05) is 159 Å². The molecule has 0 radical (unpaired) electrons. The van der Waals surface area contributed by atoms with Crippen LogP contribution in [0.25, 0.3) is 0 Å². The second-order valence-corrected chi connectivity index (χ2v) is 29.7. The topological polar surface area (TPSA) is 223 Å². The van der Waals surface area contributed by atoms with Gasteiger partial charge in [0.25, 0.3) is 0 Å². The van der Waals surface area contributed by atoms with Crippen molar-refractivity contribution < 1.29 is 77.5 Å². The first-order chi connectivity index (χ1) is 40.0. The van der Waals surface area contributed by atoms with E-state index in [4.69, 9.17) is 37.9 Å². The van der Waals surface area contributed by atoms with Crippen molar-refractivity contribution in [2.45, 2.75) is 247 Å². The van der Waals surface area contributed by atoms with Crippen molar-refractivity contribution in [3.8, 4) is 23.0 Å². The Morgan fingerprint density at radius 3 is 0.839 bits per heavy atom. The Morgan fingerprint density at radius 1 is 0.402 bits per heavy atom. The Kier molecular flexibility index (Phi) is 21.6. The standard InChI is InChI=1S/C71H100O16/c1-41-29-45(33-49(57(41)76)65(5,6)7)21-25-53(72)84-61(69(17,18)86-55(74)27-23-47-31-43(3)59(78)51(35-47)67(11,12)13)63-80-37-71(38-81-63)39-82-64(83-40-71)62(85-54(73)26-22-46-30-42(2)58(77)50(34-46)66(8,9)10)70(19,20)87-56(75)28-24-48-32-44(4)60(79)52(36-48)68(14,15)16/h29-36,61-64,76-79H,21-28,37-40H2,1-20H3. The molecule has 4 aromatic carbocycles. The quantitative estimate of drug-likeness (QED) is 0.0477. The summed E-state index contributed by atoms with van der Waals surface area (Å²) in [7, 11) is 0. The number of aromatic hydroxyl groups is 4. The zero-order chi connectivity index (χ0) is 65.2. The molecule has 16 nitrogen and oxygen atoms in total. The van der Waals surface area contributed by atoms with E-state index in [-0.39, 0.29) is 96.8 Å². The van der Waals surface area contributed by atoms with Gasteiger partial charge < -0.3 is 58.3 Å². The summed E-state index contributed by atoms with van der Waals surface area (Å²) >= 11 is 0. The molecular weight excluding hydrogens is 1110 g/mol. The van der Waals surface area contributed by atoms with E-state index >= 15 is 0 Å². The van der Waals surface area contributed by atoms with Gasteiger partial charge >= 0.3 is 23.9 Å². The monoisotopic (exact) mass is 1210 g/mol. The zero-order valence-corrected chi connectivity index (χ0v) is 55.6. The van der Waals surface area contributed by atoms with Crippen LogP contribution in [0.4, 0.5) is 0 Å². The van der Waals surface area contributed by atoms with Gasteiger partial charge in [-0.15, -0.1) is 0 Å². The predicted molar refractivity (Wildman–Crippen MR) is 333 cm³/mol. The highest BCUT2D eigenvalue weighted by atomic mass is 16.7. The maximum atomic E-state index is 14.0. The van der Waals surface area contributed by atoms with Gasteiger partial charge in [0.15, 0.2) is 24.8 Å². The molecular formula is C71H100O16. The van der Waals surface area contributed by atoms with Crippen molar-refractivity contribution in [1.29, 1.82) is 0 Å². The van der Waals surface area contributed by atoms with E-state index < -0.39 is 65.3 Å². The third-order valence-corrected chi connectivity index (χ3v) is 16.5. The second kappa shape index (κ2) is 26.9. The zero-order valence-electron chi connectivity index (χ0n) is 55.6. The first-order valence-corrected chi connectivity index (χ1v) is 30.6. The van der Waals surface area contributed by atoms with Crippen LogP contribution < -0.4 is 0 Å². The van der Waals surface area contributed by atoms with Gasteiger partial charge in [-0.05, 0) is 169 Å². The average molecular weight is 1210 g/mol. The molecule has 16 heteroatoms.